The average Bonchev–Trinajstić information content (AvgIpc) is 3.20. The van der Waals surface area contributed by atoms with Crippen LogP contribution >= 0.6 is 36.2 Å². The van der Waals surface area contributed by atoms with Crippen LogP contribution in [0, 0.1) is 6.92 Å². The molecule has 26 heavy (non-hydrogen) atoms. The first kappa shape index (κ1) is 22.8. The first-order chi connectivity index (χ1) is 11.6. The second kappa shape index (κ2) is 10.2. The number of hydrogen-bond acceptors (Lipinski definition) is 6. The van der Waals surface area contributed by atoms with Crippen molar-refractivity contribution in [1.29, 1.82) is 0 Å². The predicted molar refractivity (Wildman–Crippen MR) is 108 cm³/mol. The molecule has 10 heteroatoms. The van der Waals surface area contributed by atoms with Gasteiger partial charge in [0.15, 0.2) is 5.69 Å². The highest BCUT2D eigenvalue weighted by Gasteiger charge is 2.22. The number of nitrogens with zero attached hydrogens (tertiary/aromatic N) is 4. The maximum absolute atomic E-state index is 12.4. The Bertz CT molecular complexity index is 711. The second-order valence-electron chi connectivity index (χ2n) is 6.45. The molecule has 1 fully saturated rings. The first-order valence-corrected chi connectivity index (χ1v) is 9.29. The van der Waals surface area contributed by atoms with Crippen LogP contribution in [0.15, 0.2) is 5.38 Å². The molecule has 2 N–H and O–H groups in total. The maximum atomic E-state index is 12.4. The molecule has 0 aliphatic carbocycles. The van der Waals surface area contributed by atoms with Crippen LogP contribution in [0.2, 0.25) is 0 Å². The van der Waals surface area contributed by atoms with E-state index in [0.717, 1.165) is 42.3 Å². The quantitative estimate of drug-likeness (QED) is 0.776. The number of halogens is 2. The fourth-order valence-electron chi connectivity index (χ4n) is 2.86. The number of piperidine rings is 1. The van der Waals surface area contributed by atoms with Gasteiger partial charge in [0.2, 0.25) is 0 Å². The molecule has 0 bridgehead atoms. The Kier molecular flexibility index (Phi) is 8.95. The van der Waals surface area contributed by atoms with Crippen LogP contribution in [0.1, 0.15) is 65.5 Å². The number of carbonyl (C=O) groups excluding carboxylic acids is 1. The molecule has 1 aliphatic heterocycles. The minimum Gasteiger partial charge on any atom is -0.344 e. The van der Waals surface area contributed by atoms with Gasteiger partial charge < -0.3 is 10.6 Å². The molecule has 0 radical (unpaired) electrons. The molecule has 1 aliphatic rings. The average molecular weight is 421 g/mol. The summed E-state index contributed by atoms with van der Waals surface area (Å²) in [7, 11) is 0. The van der Waals surface area contributed by atoms with Crippen molar-refractivity contribution in [3.8, 4) is 0 Å². The van der Waals surface area contributed by atoms with Crippen LogP contribution in [0.5, 0.6) is 0 Å². The summed E-state index contributed by atoms with van der Waals surface area (Å²) in [6.07, 6.45) is 2.03. The van der Waals surface area contributed by atoms with Crippen molar-refractivity contribution in [1.82, 2.24) is 30.6 Å². The third-order valence-electron chi connectivity index (χ3n) is 4.36. The second-order valence-corrected chi connectivity index (χ2v) is 7.40. The van der Waals surface area contributed by atoms with E-state index in [1.54, 1.807) is 11.3 Å². The molecule has 3 rings (SSSR count). The Labute approximate surface area is 170 Å². The molecule has 146 valence electrons. The van der Waals surface area contributed by atoms with Gasteiger partial charge in [-0.25, -0.2) is 9.67 Å². The van der Waals surface area contributed by atoms with Crippen molar-refractivity contribution in [2.45, 2.75) is 52.1 Å². The van der Waals surface area contributed by atoms with Crippen LogP contribution in [-0.4, -0.2) is 39.0 Å². The van der Waals surface area contributed by atoms with Crippen LogP contribution in [0.25, 0.3) is 0 Å². The highest BCUT2D eigenvalue weighted by Crippen LogP contribution is 2.20. The van der Waals surface area contributed by atoms with E-state index in [1.807, 2.05) is 17.0 Å². The highest BCUT2D eigenvalue weighted by molar-refractivity contribution is 7.09. The number of amides is 1. The molecule has 0 aromatic carbocycles. The van der Waals surface area contributed by atoms with Gasteiger partial charge in [-0.1, -0.05) is 19.1 Å². The van der Waals surface area contributed by atoms with Crippen LogP contribution < -0.4 is 10.6 Å². The van der Waals surface area contributed by atoms with E-state index in [0.29, 0.717) is 24.2 Å². The zero-order chi connectivity index (χ0) is 17.1. The molecule has 7 nitrogen and oxygen atoms in total. The molecule has 0 atom stereocenters. The third-order valence-corrected chi connectivity index (χ3v) is 5.23. The fraction of sp³-hybridized carbons (Fsp3) is 0.625. The number of hydrogen-bond donors (Lipinski definition) is 2. The Hall–Kier alpha value is -1.22. The van der Waals surface area contributed by atoms with Gasteiger partial charge in [-0.2, -0.15) is 0 Å². The lowest BCUT2D eigenvalue weighted by Crippen LogP contribution is -2.30. The molecule has 0 unspecified atom stereocenters. The molecular weight excluding hydrogens is 395 g/mol. The number of carbonyl (C=O) groups is 1. The summed E-state index contributed by atoms with van der Waals surface area (Å²) in [6.45, 7) is 8.52. The van der Waals surface area contributed by atoms with Crippen molar-refractivity contribution >= 4 is 42.1 Å². The topological polar surface area (TPSA) is 84.7 Å². The van der Waals surface area contributed by atoms with Crippen LogP contribution in [0.4, 0.5) is 0 Å². The van der Waals surface area contributed by atoms with Gasteiger partial charge in [0.1, 0.15) is 5.01 Å². The molecule has 2 aromatic heterocycles. The van der Waals surface area contributed by atoms with E-state index in [-0.39, 0.29) is 30.7 Å². The number of rotatable bonds is 5. The molecule has 0 saturated carbocycles. The first-order valence-electron chi connectivity index (χ1n) is 8.41. The fourth-order valence-corrected chi connectivity index (χ4v) is 3.76. The largest absolute Gasteiger partial charge is 0.344 e. The van der Waals surface area contributed by atoms with Crippen LogP contribution in [-0.2, 0) is 6.54 Å². The van der Waals surface area contributed by atoms with E-state index in [4.69, 9.17) is 0 Å². The lowest BCUT2D eigenvalue weighted by Gasteiger charge is -2.23. The Morgan fingerprint density at radius 3 is 2.69 bits per heavy atom. The molecule has 1 saturated heterocycles. The number of thiazole rings is 1. The SMILES string of the molecule is Cc1c(C(=O)NCc2nc(C(C)C)cs2)nnn1C1CCNCC1.Cl.Cl. The van der Waals surface area contributed by atoms with Crippen molar-refractivity contribution in [2.24, 2.45) is 0 Å². The highest BCUT2D eigenvalue weighted by atomic mass is 35.5. The molecule has 1 amide bonds. The zero-order valence-electron chi connectivity index (χ0n) is 15.2. The van der Waals surface area contributed by atoms with Gasteiger partial charge in [0, 0.05) is 5.38 Å². The molecular formula is C16H26Cl2N6OS. The third kappa shape index (κ3) is 5.16. The standard InChI is InChI=1S/C16H24N6OS.2ClH/c1-10(2)13-9-24-14(19-13)8-18-16(23)15-11(3)22(21-20-15)12-4-6-17-7-5-12;;/h9-10,12,17H,4-8H2,1-3H3,(H,18,23);2*1H. The Morgan fingerprint density at radius 1 is 1.38 bits per heavy atom. The zero-order valence-corrected chi connectivity index (χ0v) is 17.6. The predicted octanol–water partition coefficient (Wildman–Crippen LogP) is 2.86. The normalized spacial score (nSPS) is 14.6. The monoisotopic (exact) mass is 420 g/mol. The van der Waals surface area contributed by atoms with Crippen LogP contribution in [0.3, 0.4) is 0 Å². The van der Waals surface area contributed by atoms with E-state index in [9.17, 15) is 4.79 Å². The summed E-state index contributed by atoms with van der Waals surface area (Å²) in [5, 5.41) is 17.5. The smallest absolute Gasteiger partial charge is 0.274 e. The van der Waals surface area contributed by atoms with Crippen molar-refractivity contribution in [3.05, 3.63) is 27.5 Å². The minimum atomic E-state index is -0.186. The number of aromatic nitrogens is 4. The maximum Gasteiger partial charge on any atom is 0.274 e. The Morgan fingerprint density at radius 2 is 2.08 bits per heavy atom. The number of nitrogens with one attached hydrogen (secondary N) is 2. The summed E-state index contributed by atoms with van der Waals surface area (Å²) >= 11 is 1.57. The van der Waals surface area contributed by atoms with Gasteiger partial charge in [-0.3, -0.25) is 4.79 Å². The van der Waals surface area contributed by atoms with Gasteiger partial charge in [-0.05, 0) is 38.8 Å². The van der Waals surface area contributed by atoms with E-state index in [1.165, 1.54) is 0 Å². The summed E-state index contributed by atoms with van der Waals surface area (Å²) in [5.41, 5.74) is 2.31. The summed E-state index contributed by atoms with van der Waals surface area (Å²) in [5.74, 6) is 0.215. The van der Waals surface area contributed by atoms with Gasteiger partial charge in [0.25, 0.3) is 5.91 Å². The van der Waals surface area contributed by atoms with Gasteiger partial charge in [-0.15, -0.1) is 41.2 Å². The van der Waals surface area contributed by atoms with E-state index < -0.39 is 0 Å². The molecule has 0 spiro atoms. The molecule has 3 heterocycles. The summed E-state index contributed by atoms with van der Waals surface area (Å²) < 4.78 is 1.90. The lowest BCUT2D eigenvalue weighted by atomic mass is 10.1. The summed E-state index contributed by atoms with van der Waals surface area (Å²) in [6, 6.07) is 0.327. The molecule has 2 aromatic rings. The lowest BCUT2D eigenvalue weighted by molar-refractivity contribution is 0.0945. The Balaban J connectivity index is 0.00000169. The van der Waals surface area contributed by atoms with Gasteiger partial charge in [0.05, 0.1) is 24.0 Å². The van der Waals surface area contributed by atoms with E-state index >= 15 is 0 Å². The van der Waals surface area contributed by atoms with E-state index in [2.05, 4.69) is 39.8 Å². The minimum absolute atomic E-state index is 0. The van der Waals surface area contributed by atoms with Gasteiger partial charge >= 0.3 is 0 Å². The van der Waals surface area contributed by atoms with Crippen molar-refractivity contribution in [3.63, 3.8) is 0 Å². The van der Waals surface area contributed by atoms with Crippen molar-refractivity contribution < 1.29 is 4.79 Å². The van der Waals surface area contributed by atoms with Crippen molar-refractivity contribution in [2.75, 3.05) is 13.1 Å². The summed E-state index contributed by atoms with van der Waals surface area (Å²) in [4.78, 5) is 16.9.